The lowest BCUT2D eigenvalue weighted by Crippen LogP contribution is -2.31. The molecule has 0 aliphatic rings. The van der Waals surface area contributed by atoms with Crippen LogP contribution in [0.3, 0.4) is 0 Å². The molecule has 18 heavy (non-hydrogen) atoms. The Balaban J connectivity index is 2.67. The molecule has 0 heterocycles. The van der Waals surface area contributed by atoms with E-state index in [-0.39, 0.29) is 12.5 Å². The molecule has 0 aliphatic heterocycles. The molecule has 1 amide bonds. The van der Waals surface area contributed by atoms with Crippen molar-refractivity contribution in [3.05, 3.63) is 24.3 Å². The predicted molar refractivity (Wildman–Crippen MR) is 64.7 cm³/mol. The molecule has 6 nitrogen and oxygen atoms in total. The Morgan fingerprint density at radius 1 is 1.33 bits per heavy atom. The van der Waals surface area contributed by atoms with Crippen LogP contribution in [0.25, 0.3) is 0 Å². The molecule has 0 saturated carbocycles. The molecule has 1 rings (SSSR count). The van der Waals surface area contributed by atoms with Gasteiger partial charge in [0.1, 0.15) is 5.75 Å². The van der Waals surface area contributed by atoms with E-state index in [1.54, 1.807) is 24.3 Å². The fourth-order valence-electron chi connectivity index (χ4n) is 1.29. The first-order valence-corrected chi connectivity index (χ1v) is 5.29. The molecule has 0 aromatic heterocycles. The number of aliphatic carboxylic acids is 1. The zero-order valence-corrected chi connectivity index (χ0v) is 10.2. The Hall–Kier alpha value is -2.08. The second-order valence-corrected chi connectivity index (χ2v) is 3.61. The van der Waals surface area contributed by atoms with Gasteiger partial charge in [-0.3, -0.25) is 4.79 Å². The third-order valence-electron chi connectivity index (χ3n) is 2.05. The SMILES string of the molecule is COCC(Oc1ccc(NC(C)=O)cc1)C(=O)O. The van der Waals surface area contributed by atoms with Crippen molar-refractivity contribution in [2.75, 3.05) is 19.0 Å². The molecule has 2 N–H and O–H groups in total. The van der Waals surface area contributed by atoms with E-state index in [4.69, 9.17) is 14.6 Å². The summed E-state index contributed by atoms with van der Waals surface area (Å²) in [6.07, 6.45) is -1.05. The number of amides is 1. The summed E-state index contributed by atoms with van der Waals surface area (Å²) in [6, 6.07) is 6.42. The van der Waals surface area contributed by atoms with Crippen molar-refractivity contribution < 1.29 is 24.2 Å². The van der Waals surface area contributed by atoms with Gasteiger partial charge >= 0.3 is 5.97 Å². The standard InChI is InChI=1S/C12H15NO5/c1-8(14)13-9-3-5-10(6-4-9)18-11(7-17-2)12(15)16/h3-6,11H,7H2,1-2H3,(H,13,14)(H,15,16). The van der Waals surface area contributed by atoms with Gasteiger partial charge in [0.15, 0.2) is 0 Å². The minimum Gasteiger partial charge on any atom is -0.478 e. The van der Waals surface area contributed by atoms with E-state index < -0.39 is 12.1 Å². The van der Waals surface area contributed by atoms with Crippen molar-refractivity contribution in [1.82, 2.24) is 0 Å². The zero-order chi connectivity index (χ0) is 13.5. The number of ether oxygens (including phenoxy) is 2. The molecule has 0 aliphatic carbocycles. The highest BCUT2D eigenvalue weighted by Gasteiger charge is 2.18. The topological polar surface area (TPSA) is 84.9 Å². The second-order valence-electron chi connectivity index (χ2n) is 3.61. The third-order valence-corrected chi connectivity index (χ3v) is 2.05. The first-order valence-electron chi connectivity index (χ1n) is 5.29. The van der Waals surface area contributed by atoms with Crippen LogP contribution < -0.4 is 10.1 Å². The molecule has 0 spiro atoms. The molecule has 0 bridgehead atoms. The smallest absolute Gasteiger partial charge is 0.347 e. The van der Waals surface area contributed by atoms with Gasteiger partial charge in [-0.05, 0) is 24.3 Å². The van der Waals surface area contributed by atoms with Gasteiger partial charge in [-0.1, -0.05) is 0 Å². The number of methoxy groups -OCH3 is 1. The Bertz CT molecular complexity index is 415. The number of benzene rings is 1. The summed E-state index contributed by atoms with van der Waals surface area (Å²) >= 11 is 0. The van der Waals surface area contributed by atoms with Crippen molar-refractivity contribution in [2.24, 2.45) is 0 Å². The van der Waals surface area contributed by atoms with E-state index in [0.29, 0.717) is 11.4 Å². The van der Waals surface area contributed by atoms with Crippen LogP contribution in [0.15, 0.2) is 24.3 Å². The lowest BCUT2D eigenvalue weighted by Gasteiger charge is -2.14. The van der Waals surface area contributed by atoms with Gasteiger partial charge in [0.2, 0.25) is 12.0 Å². The van der Waals surface area contributed by atoms with Gasteiger partial charge in [0.05, 0.1) is 6.61 Å². The monoisotopic (exact) mass is 253 g/mol. The highest BCUT2D eigenvalue weighted by Crippen LogP contribution is 2.17. The van der Waals surface area contributed by atoms with E-state index in [1.165, 1.54) is 14.0 Å². The minimum absolute atomic E-state index is 0.0389. The molecule has 1 unspecified atom stereocenters. The lowest BCUT2D eigenvalue weighted by atomic mass is 10.3. The van der Waals surface area contributed by atoms with Crippen LogP contribution in [0.1, 0.15) is 6.92 Å². The first kappa shape index (κ1) is 14.0. The molecule has 0 fully saturated rings. The van der Waals surface area contributed by atoms with Crippen LogP contribution in [0, 0.1) is 0 Å². The van der Waals surface area contributed by atoms with Crippen LogP contribution in [-0.4, -0.2) is 36.8 Å². The van der Waals surface area contributed by atoms with E-state index >= 15 is 0 Å². The molecule has 1 atom stereocenters. The summed E-state index contributed by atoms with van der Waals surface area (Å²) in [6.45, 7) is 1.37. The van der Waals surface area contributed by atoms with Crippen LogP contribution in [0.5, 0.6) is 5.75 Å². The lowest BCUT2D eigenvalue weighted by molar-refractivity contribution is -0.147. The minimum atomic E-state index is -1.09. The number of carbonyl (C=O) groups is 2. The quantitative estimate of drug-likeness (QED) is 0.793. The highest BCUT2D eigenvalue weighted by molar-refractivity contribution is 5.88. The van der Waals surface area contributed by atoms with E-state index in [2.05, 4.69) is 5.32 Å². The Morgan fingerprint density at radius 3 is 2.39 bits per heavy atom. The summed E-state index contributed by atoms with van der Waals surface area (Å²) < 4.78 is 9.99. The van der Waals surface area contributed by atoms with Gasteiger partial charge in [-0.25, -0.2) is 4.79 Å². The number of anilines is 1. The highest BCUT2D eigenvalue weighted by atomic mass is 16.5. The fourth-order valence-corrected chi connectivity index (χ4v) is 1.29. The van der Waals surface area contributed by atoms with Gasteiger partial charge in [-0.2, -0.15) is 0 Å². The largest absolute Gasteiger partial charge is 0.478 e. The number of hydrogen-bond acceptors (Lipinski definition) is 4. The maximum absolute atomic E-state index is 10.8. The van der Waals surface area contributed by atoms with Gasteiger partial charge in [0, 0.05) is 19.7 Å². The molecular weight excluding hydrogens is 238 g/mol. The van der Waals surface area contributed by atoms with Crippen molar-refractivity contribution in [2.45, 2.75) is 13.0 Å². The van der Waals surface area contributed by atoms with Gasteiger partial charge in [-0.15, -0.1) is 0 Å². The molecule has 6 heteroatoms. The Kier molecular flexibility index (Phi) is 5.13. The molecule has 0 radical (unpaired) electrons. The van der Waals surface area contributed by atoms with Crippen molar-refractivity contribution in [1.29, 1.82) is 0 Å². The summed E-state index contributed by atoms with van der Waals surface area (Å²) in [5.41, 5.74) is 0.619. The van der Waals surface area contributed by atoms with Crippen molar-refractivity contribution in [3.8, 4) is 5.75 Å². The van der Waals surface area contributed by atoms with E-state index in [9.17, 15) is 9.59 Å². The average Bonchev–Trinajstić information content (AvgIpc) is 2.30. The van der Waals surface area contributed by atoms with E-state index in [1.807, 2.05) is 0 Å². The number of hydrogen-bond donors (Lipinski definition) is 2. The molecule has 1 aromatic rings. The van der Waals surface area contributed by atoms with Gasteiger partial charge in [0.25, 0.3) is 0 Å². The molecular formula is C12H15NO5. The van der Waals surface area contributed by atoms with Crippen LogP contribution in [-0.2, 0) is 14.3 Å². The zero-order valence-electron chi connectivity index (χ0n) is 10.2. The number of carboxylic acid groups (broad SMARTS) is 1. The predicted octanol–water partition coefficient (Wildman–Crippen LogP) is 1.12. The summed E-state index contributed by atoms with van der Waals surface area (Å²) in [7, 11) is 1.40. The summed E-state index contributed by atoms with van der Waals surface area (Å²) in [5, 5.41) is 11.5. The molecule has 1 aromatic carbocycles. The second kappa shape index (κ2) is 6.61. The summed E-state index contributed by atoms with van der Waals surface area (Å²) in [4.78, 5) is 21.7. The number of rotatable bonds is 6. The number of nitrogens with one attached hydrogen (secondary N) is 1. The Morgan fingerprint density at radius 2 is 1.94 bits per heavy atom. The summed E-state index contributed by atoms with van der Waals surface area (Å²) in [5.74, 6) is -0.872. The number of carboxylic acids is 1. The normalized spacial score (nSPS) is 11.7. The van der Waals surface area contributed by atoms with Gasteiger partial charge < -0.3 is 19.9 Å². The molecule has 98 valence electrons. The molecule has 0 saturated heterocycles. The Labute approximate surface area is 105 Å². The van der Waals surface area contributed by atoms with Crippen LogP contribution in [0.2, 0.25) is 0 Å². The maximum atomic E-state index is 10.8. The van der Waals surface area contributed by atoms with Crippen LogP contribution >= 0.6 is 0 Å². The fraction of sp³-hybridized carbons (Fsp3) is 0.333. The average molecular weight is 253 g/mol. The van der Waals surface area contributed by atoms with E-state index in [0.717, 1.165) is 0 Å². The third kappa shape index (κ3) is 4.42. The maximum Gasteiger partial charge on any atom is 0.347 e. The number of carbonyl (C=O) groups excluding carboxylic acids is 1. The van der Waals surface area contributed by atoms with Crippen molar-refractivity contribution >= 4 is 17.6 Å². The first-order chi connectivity index (χ1) is 8.52. The van der Waals surface area contributed by atoms with Crippen molar-refractivity contribution in [3.63, 3.8) is 0 Å². The van der Waals surface area contributed by atoms with Crippen LogP contribution in [0.4, 0.5) is 5.69 Å².